The Morgan fingerprint density at radius 2 is 2.19 bits per heavy atom. The SMILES string of the molecule is CCCCCC(C)NC1=NC(C)CC(C)S1. The quantitative estimate of drug-likeness (QED) is 0.741. The summed E-state index contributed by atoms with van der Waals surface area (Å²) in [6.45, 7) is 9.02. The molecule has 0 bridgehead atoms. The van der Waals surface area contributed by atoms with Crippen molar-refractivity contribution in [3.8, 4) is 0 Å². The Hall–Kier alpha value is -0.180. The third-order valence-corrected chi connectivity index (χ3v) is 3.98. The molecule has 1 heterocycles. The molecule has 1 N–H and O–H groups in total. The van der Waals surface area contributed by atoms with Crippen molar-refractivity contribution in [2.75, 3.05) is 0 Å². The molecule has 0 radical (unpaired) electrons. The van der Waals surface area contributed by atoms with Gasteiger partial charge in [-0.2, -0.15) is 0 Å². The van der Waals surface area contributed by atoms with E-state index in [1.165, 1.54) is 32.1 Å². The summed E-state index contributed by atoms with van der Waals surface area (Å²) in [5.41, 5.74) is 0. The van der Waals surface area contributed by atoms with Gasteiger partial charge in [0.2, 0.25) is 0 Å². The zero-order valence-electron chi connectivity index (χ0n) is 11.1. The molecule has 1 rings (SSSR count). The maximum atomic E-state index is 4.67. The number of hydrogen-bond donors (Lipinski definition) is 1. The molecule has 2 nitrogen and oxygen atoms in total. The minimum Gasteiger partial charge on any atom is -0.362 e. The van der Waals surface area contributed by atoms with Crippen LogP contribution >= 0.6 is 11.8 Å². The molecule has 94 valence electrons. The molecular formula is C13H26N2S. The molecule has 3 heteroatoms. The summed E-state index contributed by atoms with van der Waals surface area (Å²) in [4.78, 5) is 4.67. The van der Waals surface area contributed by atoms with Crippen molar-refractivity contribution in [3.63, 3.8) is 0 Å². The van der Waals surface area contributed by atoms with Crippen LogP contribution in [0.25, 0.3) is 0 Å². The lowest BCUT2D eigenvalue weighted by molar-refractivity contribution is 0.552. The van der Waals surface area contributed by atoms with Crippen LogP contribution < -0.4 is 5.32 Å². The number of thioether (sulfide) groups is 1. The average Bonchev–Trinajstić information content (AvgIpc) is 2.16. The zero-order chi connectivity index (χ0) is 12.0. The lowest BCUT2D eigenvalue weighted by atomic mass is 10.1. The van der Waals surface area contributed by atoms with Crippen LogP contribution in [-0.4, -0.2) is 22.5 Å². The lowest BCUT2D eigenvalue weighted by Gasteiger charge is -2.25. The molecule has 0 saturated heterocycles. The van der Waals surface area contributed by atoms with Gasteiger partial charge >= 0.3 is 0 Å². The number of unbranched alkanes of at least 4 members (excludes halogenated alkanes) is 2. The molecule has 0 aromatic heterocycles. The third-order valence-electron chi connectivity index (χ3n) is 2.93. The Kier molecular flexibility index (Phi) is 6.25. The Labute approximate surface area is 105 Å². The van der Waals surface area contributed by atoms with Crippen LogP contribution in [0.15, 0.2) is 4.99 Å². The summed E-state index contributed by atoms with van der Waals surface area (Å²) < 4.78 is 0. The Bertz CT molecular complexity index is 228. The molecule has 0 aromatic carbocycles. The summed E-state index contributed by atoms with van der Waals surface area (Å²) >= 11 is 1.90. The molecular weight excluding hydrogens is 216 g/mol. The van der Waals surface area contributed by atoms with E-state index in [9.17, 15) is 0 Å². The zero-order valence-corrected chi connectivity index (χ0v) is 11.9. The summed E-state index contributed by atoms with van der Waals surface area (Å²) in [7, 11) is 0. The van der Waals surface area contributed by atoms with Gasteiger partial charge in [0.25, 0.3) is 0 Å². The first-order valence-electron chi connectivity index (χ1n) is 6.62. The van der Waals surface area contributed by atoms with Crippen LogP contribution in [0.5, 0.6) is 0 Å². The van der Waals surface area contributed by atoms with Crippen molar-refractivity contribution in [3.05, 3.63) is 0 Å². The highest BCUT2D eigenvalue weighted by atomic mass is 32.2. The van der Waals surface area contributed by atoms with E-state index in [2.05, 4.69) is 38.0 Å². The largest absolute Gasteiger partial charge is 0.362 e. The maximum absolute atomic E-state index is 4.67. The minimum atomic E-state index is 0.488. The Morgan fingerprint density at radius 3 is 2.81 bits per heavy atom. The molecule has 0 amide bonds. The normalized spacial score (nSPS) is 27.4. The second-order valence-corrected chi connectivity index (χ2v) is 6.42. The van der Waals surface area contributed by atoms with Gasteiger partial charge in [0, 0.05) is 11.3 Å². The van der Waals surface area contributed by atoms with Crippen LogP contribution in [-0.2, 0) is 0 Å². The van der Waals surface area contributed by atoms with Crippen molar-refractivity contribution >= 4 is 16.9 Å². The van der Waals surface area contributed by atoms with E-state index in [0.717, 1.165) is 5.17 Å². The fourth-order valence-electron chi connectivity index (χ4n) is 2.06. The molecule has 0 saturated carbocycles. The first-order chi connectivity index (χ1) is 7.61. The predicted octanol–water partition coefficient (Wildman–Crippen LogP) is 3.81. The maximum Gasteiger partial charge on any atom is 0.157 e. The van der Waals surface area contributed by atoms with Gasteiger partial charge in [0.1, 0.15) is 0 Å². The van der Waals surface area contributed by atoms with E-state index in [1.807, 2.05) is 11.8 Å². The number of rotatable bonds is 5. The van der Waals surface area contributed by atoms with E-state index in [0.29, 0.717) is 17.3 Å². The molecule has 1 aliphatic heterocycles. The molecule has 16 heavy (non-hydrogen) atoms. The van der Waals surface area contributed by atoms with Crippen molar-refractivity contribution in [2.45, 2.75) is 77.1 Å². The van der Waals surface area contributed by atoms with Crippen molar-refractivity contribution in [1.82, 2.24) is 5.32 Å². The second-order valence-electron chi connectivity index (χ2n) is 4.99. The highest BCUT2D eigenvalue weighted by Crippen LogP contribution is 2.24. The highest BCUT2D eigenvalue weighted by Gasteiger charge is 2.19. The predicted molar refractivity (Wildman–Crippen MR) is 75.3 cm³/mol. The van der Waals surface area contributed by atoms with Gasteiger partial charge in [-0.05, 0) is 26.7 Å². The summed E-state index contributed by atoms with van der Waals surface area (Å²) in [5.74, 6) is 0. The molecule has 0 aromatic rings. The first kappa shape index (κ1) is 13.9. The lowest BCUT2D eigenvalue weighted by Crippen LogP contribution is -2.35. The van der Waals surface area contributed by atoms with Gasteiger partial charge in [0.15, 0.2) is 5.17 Å². The van der Waals surface area contributed by atoms with Crippen LogP contribution in [0.4, 0.5) is 0 Å². The first-order valence-corrected chi connectivity index (χ1v) is 7.50. The molecule has 3 unspecified atom stereocenters. The van der Waals surface area contributed by atoms with E-state index in [-0.39, 0.29) is 0 Å². The molecule has 1 aliphatic rings. The molecule has 0 fully saturated rings. The Morgan fingerprint density at radius 1 is 1.44 bits per heavy atom. The van der Waals surface area contributed by atoms with Crippen molar-refractivity contribution < 1.29 is 0 Å². The molecule has 0 spiro atoms. The highest BCUT2D eigenvalue weighted by molar-refractivity contribution is 8.14. The van der Waals surface area contributed by atoms with Crippen LogP contribution in [0.2, 0.25) is 0 Å². The smallest absolute Gasteiger partial charge is 0.157 e. The minimum absolute atomic E-state index is 0.488. The van der Waals surface area contributed by atoms with Crippen molar-refractivity contribution in [2.24, 2.45) is 4.99 Å². The average molecular weight is 242 g/mol. The number of nitrogens with zero attached hydrogens (tertiary/aromatic N) is 1. The third kappa shape index (κ3) is 5.24. The van der Waals surface area contributed by atoms with E-state index in [4.69, 9.17) is 0 Å². The van der Waals surface area contributed by atoms with Crippen LogP contribution in [0, 0.1) is 0 Å². The number of hydrogen-bond acceptors (Lipinski definition) is 3. The summed E-state index contributed by atoms with van der Waals surface area (Å²) in [6, 6.07) is 1.05. The van der Waals surface area contributed by atoms with Gasteiger partial charge in [-0.25, -0.2) is 0 Å². The molecule has 3 atom stereocenters. The van der Waals surface area contributed by atoms with E-state index >= 15 is 0 Å². The monoisotopic (exact) mass is 242 g/mol. The van der Waals surface area contributed by atoms with Gasteiger partial charge in [-0.15, -0.1) is 0 Å². The fraction of sp³-hybridized carbons (Fsp3) is 0.923. The van der Waals surface area contributed by atoms with Gasteiger partial charge in [-0.3, -0.25) is 4.99 Å². The standard InChI is InChI=1S/C13H26N2S/c1-5-6-7-8-10(2)14-13-15-11(3)9-12(4)16-13/h10-12H,5-9H2,1-4H3,(H,14,15). The number of aliphatic imine (C=N–C) groups is 1. The fourth-order valence-corrected chi connectivity index (χ4v) is 3.32. The summed E-state index contributed by atoms with van der Waals surface area (Å²) in [5, 5.41) is 5.42. The van der Waals surface area contributed by atoms with E-state index in [1.54, 1.807) is 0 Å². The summed E-state index contributed by atoms with van der Waals surface area (Å²) in [6.07, 6.45) is 6.44. The Balaban J connectivity index is 2.29. The van der Waals surface area contributed by atoms with Gasteiger partial charge in [0.05, 0.1) is 6.04 Å². The van der Waals surface area contributed by atoms with E-state index < -0.39 is 0 Å². The number of nitrogens with one attached hydrogen (secondary N) is 1. The van der Waals surface area contributed by atoms with Crippen LogP contribution in [0.1, 0.15) is 59.8 Å². The van der Waals surface area contributed by atoms with Crippen LogP contribution in [0.3, 0.4) is 0 Å². The topological polar surface area (TPSA) is 24.4 Å². The van der Waals surface area contributed by atoms with Gasteiger partial charge < -0.3 is 5.32 Å². The van der Waals surface area contributed by atoms with Crippen molar-refractivity contribution in [1.29, 1.82) is 0 Å². The molecule has 0 aliphatic carbocycles. The second kappa shape index (κ2) is 7.21. The number of amidine groups is 1. The van der Waals surface area contributed by atoms with Gasteiger partial charge in [-0.1, -0.05) is 44.9 Å².